The highest BCUT2D eigenvalue weighted by molar-refractivity contribution is 5.95. The van der Waals surface area contributed by atoms with E-state index in [2.05, 4.69) is 15.5 Å². The molecule has 2 aliphatic heterocycles. The number of carbonyl (C=O) groups excluding carboxylic acids is 3. The lowest BCUT2D eigenvalue weighted by atomic mass is 10.0. The molecule has 0 spiro atoms. The highest BCUT2D eigenvalue weighted by atomic mass is 16.5. The van der Waals surface area contributed by atoms with Crippen LogP contribution in [0.2, 0.25) is 0 Å². The Kier molecular flexibility index (Phi) is 6.67. The van der Waals surface area contributed by atoms with E-state index in [9.17, 15) is 14.4 Å². The molecule has 1 aromatic carbocycles. The summed E-state index contributed by atoms with van der Waals surface area (Å²) in [6.45, 7) is 5.68. The van der Waals surface area contributed by atoms with E-state index in [0.29, 0.717) is 18.7 Å². The van der Waals surface area contributed by atoms with E-state index in [1.165, 1.54) is 26.2 Å². The molecule has 152 valence electrons. The van der Waals surface area contributed by atoms with E-state index in [1.54, 1.807) is 6.92 Å². The summed E-state index contributed by atoms with van der Waals surface area (Å²) in [6.07, 6.45) is 3.22. The van der Waals surface area contributed by atoms with Crippen LogP contribution in [0.3, 0.4) is 0 Å². The number of carbonyl (C=O) groups is 3. The predicted molar refractivity (Wildman–Crippen MR) is 107 cm³/mol. The van der Waals surface area contributed by atoms with E-state index >= 15 is 0 Å². The molecule has 1 amide bonds. The maximum atomic E-state index is 12.3. The van der Waals surface area contributed by atoms with Crippen molar-refractivity contribution in [3.8, 4) is 0 Å². The minimum atomic E-state index is -0.910. The average molecular weight is 387 g/mol. The second-order valence-corrected chi connectivity index (χ2v) is 7.67. The maximum absolute atomic E-state index is 12.3. The van der Waals surface area contributed by atoms with Crippen molar-refractivity contribution in [2.75, 3.05) is 29.9 Å². The van der Waals surface area contributed by atoms with Crippen LogP contribution >= 0.6 is 0 Å². The SMILES string of the molecule is CC(=O)C1CNC(C(=O)OC(C)C(=O)Nc2ccc(N3CCCCC3)cc2)C1. The Bertz CT molecular complexity index is 713. The number of anilines is 2. The van der Waals surface area contributed by atoms with Crippen LogP contribution in [-0.4, -0.2) is 49.4 Å². The molecule has 3 atom stereocenters. The molecule has 0 bridgehead atoms. The van der Waals surface area contributed by atoms with E-state index in [1.807, 2.05) is 24.3 Å². The lowest BCUT2D eigenvalue weighted by molar-refractivity contribution is -0.155. The smallest absolute Gasteiger partial charge is 0.323 e. The topological polar surface area (TPSA) is 87.7 Å². The average Bonchev–Trinajstić information content (AvgIpc) is 3.20. The summed E-state index contributed by atoms with van der Waals surface area (Å²) in [5.74, 6) is -0.978. The van der Waals surface area contributed by atoms with Gasteiger partial charge in [-0.1, -0.05) is 0 Å². The van der Waals surface area contributed by atoms with Crippen LogP contribution in [-0.2, 0) is 19.1 Å². The summed E-state index contributed by atoms with van der Waals surface area (Å²) in [5.41, 5.74) is 1.83. The van der Waals surface area contributed by atoms with Crippen LogP contribution < -0.4 is 15.5 Å². The van der Waals surface area contributed by atoms with Gasteiger partial charge in [0.15, 0.2) is 6.10 Å². The van der Waals surface area contributed by atoms with Crippen LogP contribution in [0, 0.1) is 5.92 Å². The third-order valence-corrected chi connectivity index (χ3v) is 5.51. The fourth-order valence-corrected chi connectivity index (χ4v) is 3.69. The summed E-state index contributed by atoms with van der Waals surface area (Å²) in [4.78, 5) is 38.3. The monoisotopic (exact) mass is 387 g/mol. The first-order valence-corrected chi connectivity index (χ1v) is 10.0. The number of esters is 1. The summed E-state index contributed by atoms with van der Waals surface area (Å²) >= 11 is 0. The van der Waals surface area contributed by atoms with Crippen molar-refractivity contribution in [3.63, 3.8) is 0 Å². The zero-order valence-corrected chi connectivity index (χ0v) is 16.6. The second kappa shape index (κ2) is 9.19. The Hall–Kier alpha value is -2.41. The van der Waals surface area contributed by atoms with Crippen molar-refractivity contribution in [1.82, 2.24) is 5.32 Å². The molecule has 2 aliphatic rings. The number of rotatable bonds is 6. The van der Waals surface area contributed by atoms with Gasteiger partial charge in [0.1, 0.15) is 11.8 Å². The highest BCUT2D eigenvalue weighted by Crippen LogP contribution is 2.22. The Balaban J connectivity index is 1.48. The standard InChI is InChI=1S/C21H29N3O4/c1-14(25)16-12-19(22-13-16)21(27)28-15(2)20(26)23-17-6-8-18(9-7-17)24-10-4-3-5-11-24/h6-9,15-16,19,22H,3-5,10-13H2,1-2H3,(H,23,26). The number of ether oxygens (including phenoxy) is 1. The molecule has 3 unspecified atom stereocenters. The first kappa shape index (κ1) is 20.3. The number of hydrogen-bond donors (Lipinski definition) is 2. The maximum Gasteiger partial charge on any atom is 0.323 e. The van der Waals surface area contributed by atoms with Gasteiger partial charge in [-0.15, -0.1) is 0 Å². The molecule has 0 aliphatic carbocycles. The molecule has 2 saturated heterocycles. The largest absolute Gasteiger partial charge is 0.451 e. The highest BCUT2D eigenvalue weighted by Gasteiger charge is 2.34. The molecule has 7 nitrogen and oxygen atoms in total. The first-order valence-electron chi connectivity index (χ1n) is 10.0. The quantitative estimate of drug-likeness (QED) is 0.727. The van der Waals surface area contributed by atoms with Crippen LogP contribution in [0.15, 0.2) is 24.3 Å². The molecule has 0 saturated carbocycles. The molecule has 2 heterocycles. The zero-order chi connectivity index (χ0) is 20.1. The molecular formula is C21H29N3O4. The summed E-state index contributed by atoms with van der Waals surface area (Å²) in [5, 5.41) is 5.77. The Morgan fingerprint density at radius 1 is 1.14 bits per heavy atom. The molecule has 1 aromatic rings. The normalized spacial score (nSPS) is 23.1. The number of benzene rings is 1. The number of nitrogens with one attached hydrogen (secondary N) is 2. The van der Waals surface area contributed by atoms with Gasteiger partial charge in [0.2, 0.25) is 0 Å². The number of piperidine rings is 1. The van der Waals surface area contributed by atoms with E-state index < -0.39 is 18.1 Å². The van der Waals surface area contributed by atoms with Gasteiger partial charge in [0.05, 0.1) is 0 Å². The fourth-order valence-electron chi connectivity index (χ4n) is 3.69. The summed E-state index contributed by atoms with van der Waals surface area (Å²) < 4.78 is 5.28. The van der Waals surface area contributed by atoms with Gasteiger partial charge in [0.25, 0.3) is 5.91 Å². The Labute approximate surface area is 165 Å². The van der Waals surface area contributed by atoms with Gasteiger partial charge >= 0.3 is 5.97 Å². The first-order chi connectivity index (χ1) is 13.4. The van der Waals surface area contributed by atoms with Crippen molar-refractivity contribution in [3.05, 3.63) is 24.3 Å². The van der Waals surface area contributed by atoms with Crippen LogP contribution in [0.4, 0.5) is 11.4 Å². The molecule has 7 heteroatoms. The van der Waals surface area contributed by atoms with Crippen molar-refractivity contribution in [2.24, 2.45) is 5.92 Å². The predicted octanol–water partition coefficient (Wildman–Crippen LogP) is 2.11. The van der Waals surface area contributed by atoms with Crippen molar-refractivity contribution in [1.29, 1.82) is 0 Å². The van der Waals surface area contributed by atoms with Gasteiger partial charge in [0, 0.05) is 36.9 Å². The number of Topliss-reactive ketones (excluding diaryl/α,β-unsaturated/α-hetero) is 1. The molecule has 3 rings (SSSR count). The molecule has 2 N–H and O–H groups in total. The number of nitrogens with zero attached hydrogens (tertiary/aromatic N) is 1. The minimum absolute atomic E-state index is 0.0570. The molecule has 28 heavy (non-hydrogen) atoms. The van der Waals surface area contributed by atoms with E-state index in [-0.39, 0.29) is 17.6 Å². The lowest BCUT2D eigenvalue weighted by Crippen LogP contribution is -2.38. The number of amides is 1. The summed E-state index contributed by atoms with van der Waals surface area (Å²) in [6, 6.07) is 7.20. The summed E-state index contributed by atoms with van der Waals surface area (Å²) in [7, 11) is 0. The lowest BCUT2D eigenvalue weighted by Gasteiger charge is -2.28. The van der Waals surface area contributed by atoms with Crippen molar-refractivity contribution in [2.45, 2.75) is 51.7 Å². The van der Waals surface area contributed by atoms with Gasteiger partial charge in [-0.2, -0.15) is 0 Å². The molecule has 0 aromatic heterocycles. The van der Waals surface area contributed by atoms with Gasteiger partial charge in [-0.05, 0) is 63.8 Å². The Morgan fingerprint density at radius 3 is 2.43 bits per heavy atom. The third-order valence-electron chi connectivity index (χ3n) is 5.51. The van der Waals surface area contributed by atoms with E-state index in [0.717, 1.165) is 18.8 Å². The molecular weight excluding hydrogens is 358 g/mol. The Morgan fingerprint density at radius 2 is 1.82 bits per heavy atom. The number of ketones is 1. The number of hydrogen-bond acceptors (Lipinski definition) is 6. The molecule has 0 radical (unpaired) electrons. The van der Waals surface area contributed by atoms with Gasteiger partial charge < -0.3 is 20.3 Å². The second-order valence-electron chi connectivity index (χ2n) is 7.67. The van der Waals surface area contributed by atoms with Gasteiger partial charge in [-0.3, -0.25) is 14.4 Å². The third kappa shape index (κ3) is 5.10. The van der Waals surface area contributed by atoms with Crippen LogP contribution in [0.5, 0.6) is 0 Å². The minimum Gasteiger partial charge on any atom is -0.451 e. The fraction of sp³-hybridized carbons (Fsp3) is 0.571. The van der Waals surface area contributed by atoms with Crippen molar-refractivity contribution < 1.29 is 19.1 Å². The van der Waals surface area contributed by atoms with E-state index in [4.69, 9.17) is 4.74 Å². The van der Waals surface area contributed by atoms with Crippen LogP contribution in [0.1, 0.15) is 39.5 Å². The molecule has 2 fully saturated rings. The zero-order valence-electron chi connectivity index (χ0n) is 16.6. The van der Waals surface area contributed by atoms with Gasteiger partial charge in [-0.25, -0.2) is 0 Å². The van der Waals surface area contributed by atoms with Crippen LogP contribution in [0.25, 0.3) is 0 Å². The van der Waals surface area contributed by atoms with Crippen molar-refractivity contribution >= 4 is 29.0 Å².